The van der Waals surface area contributed by atoms with Gasteiger partial charge in [-0.3, -0.25) is 20.4 Å². The van der Waals surface area contributed by atoms with Gasteiger partial charge in [0.2, 0.25) is 0 Å². The van der Waals surface area contributed by atoms with E-state index in [0.29, 0.717) is 9.21 Å². The lowest BCUT2D eigenvalue weighted by Gasteiger charge is -2.10. The van der Waals surface area contributed by atoms with Crippen molar-refractivity contribution in [2.75, 3.05) is 0 Å². The molecule has 0 aliphatic carbocycles. The van der Waals surface area contributed by atoms with Gasteiger partial charge in [0.05, 0.1) is 20.2 Å². The summed E-state index contributed by atoms with van der Waals surface area (Å²) in [6.07, 6.45) is 2.86. The highest BCUT2D eigenvalue weighted by atomic mass is 35.5. The standard InChI is InChI=1S/C18H19ClN4O2S/c1-2-3-8-16-20-12-6-4-5-7-13(12)23(16)11-17(24)21-22-18(25)14-9-10-15(19)26-14/h4-7,9-10H,2-3,8,11H2,1H3,(H,21,24)(H,22,25). The third-order valence-electron chi connectivity index (χ3n) is 3.90. The number of imidazole rings is 1. The molecule has 0 radical (unpaired) electrons. The maximum atomic E-state index is 12.3. The number of para-hydroxylation sites is 2. The monoisotopic (exact) mass is 390 g/mol. The zero-order valence-corrected chi connectivity index (χ0v) is 15.9. The second-order valence-corrected chi connectivity index (χ2v) is 7.53. The average Bonchev–Trinajstić information content (AvgIpc) is 3.22. The molecule has 3 aromatic rings. The highest BCUT2D eigenvalue weighted by molar-refractivity contribution is 7.17. The van der Waals surface area contributed by atoms with Crippen molar-refractivity contribution in [3.05, 3.63) is 51.4 Å². The fraction of sp³-hybridized carbons (Fsp3) is 0.278. The lowest BCUT2D eigenvalue weighted by atomic mass is 10.2. The van der Waals surface area contributed by atoms with Crippen LogP contribution in [-0.2, 0) is 17.8 Å². The maximum Gasteiger partial charge on any atom is 0.279 e. The number of nitrogens with one attached hydrogen (secondary N) is 2. The molecule has 6 nitrogen and oxygen atoms in total. The highest BCUT2D eigenvalue weighted by Gasteiger charge is 2.14. The number of rotatable bonds is 6. The summed E-state index contributed by atoms with van der Waals surface area (Å²) in [5, 5.41) is 0. The first kappa shape index (κ1) is 18.4. The van der Waals surface area contributed by atoms with Crippen LogP contribution >= 0.6 is 22.9 Å². The predicted octanol–water partition coefficient (Wildman–Crippen LogP) is 3.56. The van der Waals surface area contributed by atoms with E-state index in [0.717, 1.165) is 47.5 Å². The molecule has 0 fully saturated rings. The predicted molar refractivity (Wildman–Crippen MR) is 103 cm³/mol. The zero-order chi connectivity index (χ0) is 18.5. The molecule has 1 aromatic carbocycles. The molecule has 2 heterocycles. The Bertz CT molecular complexity index is 934. The van der Waals surface area contributed by atoms with E-state index < -0.39 is 5.91 Å². The Morgan fingerprint density at radius 3 is 2.73 bits per heavy atom. The first-order valence-corrected chi connectivity index (χ1v) is 9.56. The van der Waals surface area contributed by atoms with Crippen LogP contribution in [0.2, 0.25) is 4.34 Å². The fourth-order valence-electron chi connectivity index (χ4n) is 2.64. The second kappa shape index (κ2) is 8.33. The normalized spacial score (nSPS) is 10.8. The van der Waals surface area contributed by atoms with Gasteiger partial charge in [0.15, 0.2) is 0 Å². The number of thiophene rings is 1. The SMILES string of the molecule is CCCCc1nc2ccccc2n1CC(=O)NNC(=O)c1ccc(Cl)s1. The van der Waals surface area contributed by atoms with Gasteiger partial charge in [-0.15, -0.1) is 11.3 Å². The fourth-order valence-corrected chi connectivity index (χ4v) is 3.57. The Balaban J connectivity index is 1.69. The molecule has 2 aromatic heterocycles. The van der Waals surface area contributed by atoms with E-state index in [1.165, 1.54) is 0 Å². The van der Waals surface area contributed by atoms with Crippen molar-refractivity contribution >= 4 is 45.8 Å². The molecular weight excluding hydrogens is 372 g/mol. The number of hydrazine groups is 1. The van der Waals surface area contributed by atoms with Crippen LogP contribution in [0.4, 0.5) is 0 Å². The molecule has 3 rings (SSSR count). The number of aryl methyl sites for hydroxylation is 1. The number of amides is 2. The summed E-state index contributed by atoms with van der Waals surface area (Å²) in [6.45, 7) is 2.21. The van der Waals surface area contributed by atoms with Crippen LogP contribution in [0, 0.1) is 0 Å². The number of halogens is 1. The number of unbranched alkanes of at least 4 members (excludes halogenated alkanes) is 1. The molecule has 136 valence electrons. The minimum absolute atomic E-state index is 0.0883. The molecule has 8 heteroatoms. The van der Waals surface area contributed by atoms with E-state index in [9.17, 15) is 9.59 Å². The van der Waals surface area contributed by atoms with Gasteiger partial charge in [0.1, 0.15) is 12.4 Å². The maximum absolute atomic E-state index is 12.3. The zero-order valence-electron chi connectivity index (χ0n) is 14.3. The number of aromatic nitrogens is 2. The van der Waals surface area contributed by atoms with Crippen molar-refractivity contribution < 1.29 is 9.59 Å². The molecular formula is C18H19ClN4O2S. The first-order valence-electron chi connectivity index (χ1n) is 8.37. The number of carbonyl (C=O) groups is 2. The summed E-state index contributed by atoms with van der Waals surface area (Å²) in [5.41, 5.74) is 6.64. The summed E-state index contributed by atoms with van der Waals surface area (Å²) >= 11 is 6.97. The molecule has 0 atom stereocenters. The van der Waals surface area contributed by atoms with Crippen molar-refractivity contribution in [2.45, 2.75) is 32.7 Å². The molecule has 0 aliphatic rings. The van der Waals surface area contributed by atoms with Crippen LogP contribution in [0.3, 0.4) is 0 Å². The summed E-state index contributed by atoms with van der Waals surface area (Å²) < 4.78 is 2.42. The quantitative estimate of drug-likeness (QED) is 0.632. The molecule has 0 saturated carbocycles. The minimum Gasteiger partial charge on any atom is -0.318 e. The number of nitrogens with zero attached hydrogens (tertiary/aromatic N) is 2. The minimum atomic E-state index is -0.392. The summed E-state index contributed by atoms with van der Waals surface area (Å²) in [5.74, 6) is 0.165. The van der Waals surface area contributed by atoms with Crippen molar-refractivity contribution in [1.82, 2.24) is 20.4 Å². The molecule has 0 unspecified atom stereocenters. The lowest BCUT2D eigenvalue weighted by Crippen LogP contribution is -2.43. The van der Waals surface area contributed by atoms with Gasteiger partial charge in [-0.1, -0.05) is 37.1 Å². The molecule has 2 N–H and O–H groups in total. The van der Waals surface area contributed by atoms with Gasteiger partial charge in [-0.05, 0) is 30.7 Å². The second-order valence-electron chi connectivity index (χ2n) is 5.81. The van der Waals surface area contributed by atoms with Crippen LogP contribution in [0.1, 0.15) is 35.3 Å². The number of hydrogen-bond donors (Lipinski definition) is 2. The number of fused-ring (bicyclic) bond motifs is 1. The molecule has 0 spiro atoms. The highest BCUT2D eigenvalue weighted by Crippen LogP contribution is 2.21. The van der Waals surface area contributed by atoms with E-state index in [1.807, 2.05) is 28.8 Å². The van der Waals surface area contributed by atoms with Crippen LogP contribution in [0.5, 0.6) is 0 Å². The average molecular weight is 391 g/mol. The van der Waals surface area contributed by atoms with Gasteiger partial charge in [0.25, 0.3) is 11.8 Å². The summed E-state index contributed by atoms with van der Waals surface area (Å²) in [7, 11) is 0. The third kappa shape index (κ3) is 4.23. The van der Waals surface area contributed by atoms with Crippen LogP contribution < -0.4 is 10.9 Å². The Kier molecular flexibility index (Phi) is 5.90. The van der Waals surface area contributed by atoms with Gasteiger partial charge >= 0.3 is 0 Å². The third-order valence-corrected chi connectivity index (χ3v) is 5.13. The van der Waals surface area contributed by atoms with E-state index >= 15 is 0 Å². The Hall–Kier alpha value is -2.38. The van der Waals surface area contributed by atoms with Gasteiger partial charge in [-0.2, -0.15) is 0 Å². The van der Waals surface area contributed by atoms with Crippen molar-refractivity contribution in [3.8, 4) is 0 Å². The smallest absolute Gasteiger partial charge is 0.279 e. The molecule has 0 aliphatic heterocycles. The molecule has 26 heavy (non-hydrogen) atoms. The van der Waals surface area contributed by atoms with Crippen LogP contribution in [0.15, 0.2) is 36.4 Å². The van der Waals surface area contributed by atoms with E-state index in [-0.39, 0.29) is 12.5 Å². The summed E-state index contributed by atoms with van der Waals surface area (Å²) in [6, 6.07) is 11.0. The first-order chi connectivity index (χ1) is 12.6. The van der Waals surface area contributed by atoms with Gasteiger partial charge < -0.3 is 4.57 Å². The van der Waals surface area contributed by atoms with E-state index in [4.69, 9.17) is 11.6 Å². The van der Waals surface area contributed by atoms with Crippen molar-refractivity contribution in [1.29, 1.82) is 0 Å². The Morgan fingerprint density at radius 2 is 2.00 bits per heavy atom. The number of carbonyl (C=O) groups excluding carboxylic acids is 2. The van der Waals surface area contributed by atoms with E-state index in [1.54, 1.807) is 12.1 Å². The number of benzene rings is 1. The molecule has 0 bridgehead atoms. The molecule has 2 amide bonds. The Morgan fingerprint density at radius 1 is 1.19 bits per heavy atom. The van der Waals surface area contributed by atoms with Crippen molar-refractivity contribution in [3.63, 3.8) is 0 Å². The Labute approximate surface area is 160 Å². The largest absolute Gasteiger partial charge is 0.318 e. The van der Waals surface area contributed by atoms with E-state index in [2.05, 4.69) is 22.8 Å². The van der Waals surface area contributed by atoms with Gasteiger partial charge in [0, 0.05) is 6.42 Å². The molecule has 0 saturated heterocycles. The number of hydrogen-bond acceptors (Lipinski definition) is 4. The topological polar surface area (TPSA) is 76.0 Å². The van der Waals surface area contributed by atoms with Crippen LogP contribution in [0.25, 0.3) is 11.0 Å². The van der Waals surface area contributed by atoms with Crippen LogP contribution in [-0.4, -0.2) is 21.4 Å². The summed E-state index contributed by atoms with van der Waals surface area (Å²) in [4.78, 5) is 29.4. The van der Waals surface area contributed by atoms with Crippen molar-refractivity contribution in [2.24, 2.45) is 0 Å². The lowest BCUT2D eigenvalue weighted by molar-refractivity contribution is -0.122. The van der Waals surface area contributed by atoms with Gasteiger partial charge in [-0.25, -0.2) is 4.98 Å².